The topological polar surface area (TPSA) is 17.1 Å². The summed E-state index contributed by atoms with van der Waals surface area (Å²) in [7, 11) is 0. The van der Waals surface area contributed by atoms with E-state index in [1.807, 2.05) is 12.1 Å². The molecule has 1 heteroatoms. The number of unbranched alkanes of at least 4 members (excludes halogenated alkanes) is 1. The predicted molar refractivity (Wildman–Crippen MR) is 81.9 cm³/mol. The maximum atomic E-state index is 12.4. The number of fused-ring (bicyclic) bond motifs is 1. The van der Waals surface area contributed by atoms with Crippen LogP contribution in [0, 0.1) is 0 Å². The number of hydrogen-bond acceptors (Lipinski definition) is 1. The van der Waals surface area contributed by atoms with Crippen molar-refractivity contribution in [2.75, 3.05) is 0 Å². The molecule has 100 valence electrons. The van der Waals surface area contributed by atoms with Crippen LogP contribution in [0.15, 0.2) is 36.4 Å². The molecule has 1 nitrogen and oxygen atoms in total. The van der Waals surface area contributed by atoms with E-state index in [0.29, 0.717) is 12.3 Å². The third kappa shape index (κ3) is 2.86. The average Bonchev–Trinajstić information content (AvgIpc) is 2.43. The largest absolute Gasteiger partial charge is 0.294 e. The summed E-state index contributed by atoms with van der Waals surface area (Å²) in [6, 6.07) is 12.4. The average molecular weight is 254 g/mol. The number of carbonyl (C=O) groups excluding carboxylic acids is 1. The lowest BCUT2D eigenvalue weighted by Gasteiger charge is -2.15. The highest BCUT2D eigenvalue weighted by Gasteiger charge is 2.16. The molecule has 0 aliphatic heterocycles. The summed E-state index contributed by atoms with van der Waals surface area (Å²) in [6.45, 7) is 6.45. The lowest BCUT2D eigenvalue weighted by Crippen LogP contribution is -2.06. The van der Waals surface area contributed by atoms with Gasteiger partial charge in [-0.3, -0.25) is 4.79 Å². The molecule has 2 aromatic rings. The third-order valence-corrected chi connectivity index (χ3v) is 3.61. The van der Waals surface area contributed by atoms with Crippen LogP contribution in [0.1, 0.15) is 61.9 Å². The second kappa shape index (κ2) is 6.01. The van der Waals surface area contributed by atoms with Gasteiger partial charge in [0.1, 0.15) is 0 Å². The van der Waals surface area contributed by atoms with Gasteiger partial charge in [-0.1, -0.05) is 63.6 Å². The number of ketones is 1. The molecular weight excluding hydrogens is 232 g/mol. The van der Waals surface area contributed by atoms with Crippen molar-refractivity contribution in [2.24, 2.45) is 0 Å². The van der Waals surface area contributed by atoms with E-state index in [-0.39, 0.29) is 5.78 Å². The number of carbonyl (C=O) groups is 1. The molecule has 2 rings (SSSR count). The Morgan fingerprint density at radius 1 is 1.11 bits per heavy atom. The monoisotopic (exact) mass is 254 g/mol. The van der Waals surface area contributed by atoms with Gasteiger partial charge < -0.3 is 0 Å². The first-order valence-corrected chi connectivity index (χ1v) is 7.20. The second-order valence-electron chi connectivity index (χ2n) is 5.43. The summed E-state index contributed by atoms with van der Waals surface area (Å²) in [4.78, 5) is 12.4. The van der Waals surface area contributed by atoms with Gasteiger partial charge in [-0.15, -0.1) is 0 Å². The zero-order chi connectivity index (χ0) is 13.8. The molecule has 0 heterocycles. The summed E-state index contributed by atoms with van der Waals surface area (Å²) in [5.74, 6) is 0.656. The Morgan fingerprint density at radius 3 is 2.53 bits per heavy atom. The van der Waals surface area contributed by atoms with Crippen LogP contribution < -0.4 is 0 Å². The summed E-state index contributed by atoms with van der Waals surface area (Å²) in [6.07, 6.45) is 2.70. The van der Waals surface area contributed by atoms with E-state index in [4.69, 9.17) is 0 Å². The van der Waals surface area contributed by atoms with Crippen LogP contribution in [-0.4, -0.2) is 5.78 Å². The molecule has 0 saturated carbocycles. The second-order valence-corrected chi connectivity index (χ2v) is 5.43. The summed E-state index contributed by atoms with van der Waals surface area (Å²) in [5, 5.41) is 2.44. The number of Topliss-reactive ketones (excluding diaryl/α,β-unsaturated/α-hetero) is 1. The number of benzene rings is 2. The molecule has 0 bridgehead atoms. The van der Waals surface area contributed by atoms with Crippen LogP contribution in [0.2, 0.25) is 0 Å². The van der Waals surface area contributed by atoms with Gasteiger partial charge in [-0.2, -0.15) is 0 Å². The molecule has 0 aliphatic carbocycles. The Labute approximate surface area is 115 Å². The minimum Gasteiger partial charge on any atom is -0.294 e. The van der Waals surface area contributed by atoms with Gasteiger partial charge in [0.25, 0.3) is 0 Å². The van der Waals surface area contributed by atoms with Crippen molar-refractivity contribution < 1.29 is 4.79 Å². The van der Waals surface area contributed by atoms with Crippen LogP contribution >= 0.6 is 0 Å². The lowest BCUT2D eigenvalue weighted by molar-refractivity contribution is 0.0978. The molecule has 0 amide bonds. The summed E-state index contributed by atoms with van der Waals surface area (Å²) in [5.41, 5.74) is 2.13. The number of rotatable bonds is 5. The van der Waals surface area contributed by atoms with Gasteiger partial charge in [-0.25, -0.2) is 0 Å². The molecule has 0 unspecified atom stereocenters. The van der Waals surface area contributed by atoms with Crippen molar-refractivity contribution in [3.05, 3.63) is 47.5 Å². The van der Waals surface area contributed by atoms with Crippen molar-refractivity contribution >= 4 is 16.6 Å². The van der Waals surface area contributed by atoms with Gasteiger partial charge in [0.15, 0.2) is 5.78 Å². The smallest absolute Gasteiger partial charge is 0.163 e. The van der Waals surface area contributed by atoms with Crippen LogP contribution in [0.4, 0.5) is 0 Å². The van der Waals surface area contributed by atoms with E-state index >= 15 is 0 Å². The zero-order valence-electron chi connectivity index (χ0n) is 12.1. The fraction of sp³-hybridized carbons (Fsp3) is 0.389. The lowest BCUT2D eigenvalue weighted by atomic mass is 9.88. The van der Waals surface area contributed by atoms with Crippen molar-refractivity contribution in [1.29, 1.82) is 0 Å². The molecule has 19 heavy (non-hydrogen) atoms. The minimum absolute atomic E-state index is 0.288. The highest BCUT2D eigenvalue weighted by molar-refractivity contribution is 6.03. The normalized spacial score (nSPS) is 11.2. The molecule has 0 saturated heterocycles. The van der Waals surface area contributed by atoms with Gasteiger partial charge in [0.05, 0.1) is 0 Å². The Kier molecular flexibility index (Phi) is 4.36. The van der Waals surface area contributed by atoms with E-state index in [9.17, 15) is 4.79 Å². The molecule has 0 N–H and O–H groups in total. The standard InChI is InChI=1S/C18H22O/c1-4-5-10-17(19)16-12-11-14-8-6-7-9-15(14)18(16)13(2)3/h6-9,11-13H,4-5,10H2,1-3H3. The van der Waals surface area contributed by atoms with E-state index in [1.165, 1.54) is 16.3 Å². The first-order chi connectivity index (χ1) is 9.15. The van der Waals surface area contributed by atoms with Gasteiger partial charge in [0.2, 0.25) is 0 Å². The van der Waals surface area contributed by atoms with Crippen molar-refractivity contribution in [2.45, 2.75) is 46.0 Å². The summed E-state index contributed by atoms with van der Waals surface area (Å²) >= 11 is 0. The van der Waals surface area contributed by atoms with Crippen LogP contribution in [0.5, 0.6) is 0 Å². The summed E-state index contributed by atoms with van der Waals surface area (Å²) < 4.78 is 0. The van der Waals surface area contributed by atoms with Crippen LogP contribution in [0.25, 0.3) is 10.8 Å². The molecule has 0 fully saturated rings. The van der Waals surface area contributed by atoms with E-state index in [2.05, 4.69) is 45.0 Å². The van der Waals surface area contributed by atoms with Gasteiger partial charge >= 0.3 is 0 Å². The van der Waals surface area contributed by atoms with E-state index in [1.54, 1.807) is 0 Å². The molecule has 0 spiro atoms. The first kappa shape index (κ1) is 13.8. The van der Waals surface area contributed by atoms with Crippen molar-refractivity contribution in [1.82, 2.24) is 0 Å². The Hall–Kier alpha value is -1.63. The SMILES string of the molecule is CCCCC(=O)c1ccc2ccccc2c1C(C)C. The van der Waals surface area contributed by atoms with Crippen molar-refractivity contribution in [3.63, 3.8) is 0 Å². The molecule has 0 radical (unpaired) electrons. The molecular formula is C18H22O. The Balaban J connectivity index is 2.54. The van der Waals surface area contributed by atoms with Crippen molar-refractivity contribution in [3.8, 4) is 0 Å². The van der Waals surface area contributed by atoms with Crippen LogP contribution in [-0.2, 0) is 0 Å². The molecule has 0 atom stereocenters. The fourth-order valence-corrected chi connectivity index (χ4v) is 2.63. The van der Waals surface area contributed by atoms with Crippen LogP contribution in [0.3, 0.4) is 0 Å². The highest BCUT2D eigenvalue weighted by atomic mass is 16.1. The predicted octanol–water partition coefficient (Wildman–Crippen LogP) is 5.34. The van der Waals surface area contributed by atoms with Gasteiger partial charge in [0, 0.05) is 12.0 Å². The fourth-order valence-electron chi connectivity index (χ4n) is 2.63. The minimum atomic E-state index is 0.288. The van der Waals surface area contributed by atoms with E-state index in [0.717, 1.165) is 18.4 Å². The number of hydrogen-bond donors (Lipinski definition) is 0. The zero-order valence-corrected chi connectivity index (χ0v) is 12.1. The Morgan fingerprint density at radius 2 is 1.84 bits per heavy atom. The van der Waals surface area contributed by atoms with Gasteiger partial charge in [-0.05, 0) is 28.7 Å². The first-order valence-electron chi connectivity index (χ1n) is 7.20. The molecule has 0 aromatic heterocycles. The Bertz CT molecular complexity index is 581. The highest BCUT2D eigenvalue weighted by Crippen LogP contribution is 2.30. The quantitative estimate of drug-likeness (QED) is 0.658. The maximum Gasteiger partial charge on any atom is 0.163 e. The molecule has 2 aromatic carbocycles. The molecule has 0 aliphatic rings. The maximum absolute atomic E-state index is 12.4. The van der Waals surface area contributed by atoms with E-state index < -0.39 is 0 Å². The third-order valence-electron chi connectivity index (χ3n) is 3.61.